The van der Waals surface area contributed by atoms with E-state index in [0.717, 1.165) is 21.7 Å². The zero-order valence-corrected chi connectivity index (χ0v) is 24.3. The number of nitrogens with zero attached hydrogens (tertiary/aromatic N) is 2. The normalized spacial score (nSPS) is 13.1. The lowest BCUT2D eigenvalue weighted by Crippen LogP contribution is -2.66. The monoisotopic (exact) mass is 550 g/mol. The van der Waals surface area contributed by atoms with Gasteiger partial charge in [-0.25, -0.2) is 4.79 Å². The highest BCUT2D eigenvalue weighted by Crippen LogP contribution is 2.36. The molecule has 0 N–H and O–H groups in total. The number of benzene rings is 2. The first-order valence-corrected chi connectivity index (χ1v) is 15.3. The lowest BCUT2D eigenvalue weighted by molar-refractivity contribution is -0.136. The van der Waals surface area contributed by atoms with E-state index in [1.54, 1.807) is 6.92 Å². The minimum atomic E-state index is -2.83. The van der Waals surface area contributed by atoms with Gasteiger partial charge in [-0.15, -0.1) is 11.3 Å². The van der Waals surface area contributed by atoms with Crippen molar-refractivity contribution in [3.63, 3.8) is 0 Å². The van der Waals surface area contributed by atoms with E-state index in [1.807, 2.05) is 49.4 Å². The first-order chi connectivity index (χ1) is 18.2. The van der Waals surface area contributed by atoms with Crippen LogP contribution in [0.1, 0.15) is 34.6 Å². The van der Waals surface area contributed by atoms with E-state index in [9.17, 15) is 14.9 Å². The summed E-state index contributed by atoms with van der Waals surface area (Å²) in [5, 5.41) is 11.8. The number of hydrogen-bond acceptors (Lipinski definition) is 7. The zero-order chi connectivity index (χ0) is 27.8. The van der Waals surface area contributed by atoms with E-state index >= 15 is 0 Å². The average Bonchev–Trinajstić information content (AvgIpc) is 3.21. The number of carbonyl (C=O) groups excluding carboxylic acids is 1. The molecule has 0 radical (unpaired) electrons. The number of hydrogen-bond donors (Lipinski definition) is 0. The maximum absolute atomic E-state index is 13.3. The third-order valence-electron chi connectivity index (χ3n) is 6.12. The Labute approximate surface area is 228 Å². The molecule has 0 saturated carbocycles. The quantitative estimate of drug-likeness (QED) is 0.285. The average molecular weight is 551 g/mol. The van der Waals surface area contributed by atoms with E-state index in [0.29, 0.717) is 11.1 Å². The lowest BCUT2D eigenvalue weighted by atomic mass is 10.2. The van der Waals surface area contributed by atoms with Crippen molar-refractivity contribution in [2.45, 2.75) is 46.2 Å². The van der Waals surface area contributed by atoms with Gasteiger partial charge in [-0.2, -0.15) is 5.26 Å². The maximum Gasteiger partial charge on any atom is 0.351 e. The third kappa shape index (κ3) is 5.99. The van der Waals surface area contributed by atoms with E-state index < -0.39 is 14.3 Å². The number of thiazole rings is 1. The second-order valence-corrected chi connectivity index (χ2v) is 14.9. The molecule has 0 atom stereocenters. The van der Waals surface area contributed by atoms with Gasteiger partial charge in [-0.3, -0.25) is 9.36 Å². The molecule has 0 amide bonds. The van der Waals surface area contributed by atoms with Crippen LogP contribution in [0.3, 0.4) is 0 Å². The summed E-state index contributed by atoms with van der Waals surface area (Å²) in [5.74, 6) is -0.763. The number of aromatic nitrogens is 1. The smallest absolute Gasteiger partial charge is 0.351 e. The molecule has 0 fully saturated rings. The van der Waals surface area contributed by atoms with Crippen molar-refractivity contribution >= 4 is 47.8 Å². The minimum absolute atomic E-state index is 0.120. The molecule has 0 saturated heterocycles. The standard InChI is InChI=1S/C29H34N2O5SSi/c1-6-34-21-25-26(32)31(27(37-25)24(20-30)28(33)35-7-2)18-19-36-38(29(3,4)5,22-14-10-8-11-15-22)23-16-12-9-13-17-23/h8-17,21H,6-7,18-19H2,1-5H3/b25-21-,27-24-. The van der Waals surface area contributed by atoms with Gasteiger partial charge in [-0.05, 0) is 29.3 Å². The molecule has 0 unspecified atom stereocenters. The van der Waals surface area contributed by atoms with Crippen molar-refractivity contribution in [1.29, 1.82) is 5.26 Å². The molecule has 38 heavy (non-hydrogen) atoms. The van der Waals surface area contributed by atoms with Crippen LogP contribution in [-0.2, 0) is 25.2 Å². The molecule has 0 spiro atoms. The topological polar surface area (TPSA) is 90.6 Å². The highest BCUT2D eigenvalue weighted by molar-refractivity contribution is 7.07. The fourth-order valence-electron chi connectivity index (χ4n) is 4.49. The summed E-state index contributed by atoms with van der Waals surface area (Å²) in [7, 11) is -2.83. The summed E-state index contributed by atoms with van der Waals surface area (Å²) in [6.45, 7) is 10.9. The van der Waals surface area contributed by atoms with Crippen molar-refractivity contribution in [3.8, 4) is 6.07 Å². The second kappa shape index (κ2) is 12.9. The number of rotatable bonds is 10. The summed E-state index contributed by atoms with van der Waals surface area (Å²) < 4.78 is 19.3. The Balaban J connectivity index is 2.14. The Kier molecular flexibility index (Phi) is 9.86. The largest absolute Gasteiger partial charge is 0.500 e. The summed E-state index contributed by atoms with van der Waals surface area (Å²) in [6, 6.07) is 22.4. The Morgan fingerprint density at radius 3 is 2.08 bits per heavy atom. The van der Waals surface area contributed by atoms with Gasteiger partial charge in [0.1, 0.15) is 21.5 Å². The number of ether oxygens (including phenoxy) is 2. The summed E-state index contributed by atoms with van der Waals surface area (Å²) in [6.07, 6.45) is 1.37. The van der Waals surface area contributed by atoms with Crippen LogP contribution in [0.5, 0.6) is 0 Å². The predicted molar refractivity (Wildman–Crippen MR) is 153 cm³/mol. The zero-order valence-electron chi connectivity index (χ0n) is 22.5. The van der Waals surface area contributed by atoms with Crippen LogP contribution in [0.15, 0.2) is 65.5 Å². The Morgan fingerprint density at radius 2 is 1.61 bits per heavy atom. The first kappa shape index (κ1) is 29.1. The molecule has 9 heteroatoms. The van der Waals surface area contributed by atoms with Crippen molar-refractivity contribution in [3.05, 3.63) is 80.2 Å². The molecule has 7 nitrogen and oxygen atoms in total. The SMILES string of the molecule is CCO/C=c1\s/c(=C(/C#N)C(=O)OCC)n(CCO[Si](c2ccccc2)(c2ccccc2)C(C)(C)C)c1=O. The number of esters is 1. The molecular weight excluding hydrogens is 516 g/mol. The van der Waals surface area contributed by atoms with E-state index in [1.165, 1.54) is 10.8 Å². The molecular formula is C29H34N2O5SSi. The van der Waals surface area contributed by atoms with Gasteiger partial charge in [0.15, 0.2) is 5.57 Å². The summed E-state index contributed by atoms with van der Waals surface area (Å²) >= 11 is 1.03. The highest BCUT2D eigenvalue weighted by atomic mass is 32.1. The van der Waals surface area contributed by atoms with Crippen molar-refractivity contribution in [2.24, 2.45) is 0 Å². The van der Waals surface area contributed by atoms with Crippen LogP contribution >= 0.6 is 11.3 Å². The lowest BCUT2D eigenvalue weighted by Gasteiger charge is -2.43. The van der Waals surface area contributed by atoms with Crippen LogP contribution in [0.2, 0.25) is 5.04 Å². The van der Waals surface area contributed by atoms with Gasteiger partial charge < -0.3 is 13.9 Å². The van der Waals surface area contributed by atoms with Gasteiger partial charge >= 0.3 is 5.97 Å². The fraction of sp³-hybridized carbons (Fsp3) is 0.345. The van der Waals surface area contributed by atoms with Crippen molar-refractivity contribution < 1.29 is 18.7 Å². The van der Waals surface area contributed by atoms with Gasteiger partial charge in [-0.1, -0.05) is 81.4 Å². The first-order valence-electron chi connectivity index (χ1n) is 12.6. The van der Waals surface area contributed by atoms with Crippen molar-refractivity contribution in [2.75, 3.05) is 19.8 Å². The van der Waals surface area contributed by atoms with E-state index in [-0.39, 0.29) is 40.6 Å². The van der Waals surface area contributed by atoms with Gasteiger partial charge in [0.25, 0.3) is 13.9 Å². The molecule has 3 aromatic rings. The van der Waals surface area contributed by atoms with Crippen LogP contribution in [0, 0.1) is 11.3 Å². The molecule has 200 valence electrons. The Bertz CT molecular complexity index is 1410. The summed E-state index contributed by atoms with van der Waals surface area (Å²) in [5.41, 5.74) is -0.558. The Morgan fingerprint density at radius 1 is 1.03 bits per heavy atom. The molecule has 3 rings (SSSR count). The maximum atomic E-state index is 13.3. The van der Waals surface area contributed by atoms with Crippen LogP contribution in [-0.4, -0.2) is 38.7 Å². The van der Waals surface area contributed by atoms with Crippen molar-refractivity contribution in [1.82, 2.24) is 4.57 Å². The van der Waals surface area contributed by atoms with Gasteiger partial charge in [0.05, 0.1) is 19.8 Å². The Hall–Kier alpha value is -3.45. The van der Waals surface area contributed by atoms with Gasteiger partial charge in [0, 0.05) is 6.54 Å². The van der Waals surface area contributed by atoms with Gasteiger partial charge in [0.2, 0.25) is 0 Å². The van der Waals surface area contributed by atoms with Crippen LogP contribution < -0.4 is 25.1 Å². The van der Waals surface area contributed by atoms with E-state index in [4.69, 9.17) is 13.9 Å². The fourth-order valence-corrected chi connectivity index (χ4v) is 10.1. The molecule has 0 aliphatic carbocycles. The second-order valence-electron chi connectivity index (χ2n) is 9.52. The molecule has 0 bridgehead atoms. The van der Waals surface area contributed by atoms with Crippen LogP contribution in [0.4, 0.5) is 0 Å². The molecule has 0 aliphatic heterocycles. The molecule has 1 aromatic heterocycles. The highest BCUT2D eigenvalue weighted by Gasteiger charge is 2.50. The number of carbonyl (C=O) groups is 1. The molecule has 1 heterocycles. The third-order valence-corrected chi connectivity index (χ3v) is 12.3. The predicted octanol–water partition coefficient (Wildman–Crippen LogP) is 2.50. The molecule has 0 aliphatic rings. The number of nitriles is 1. The minimum Gasteiger partial charge on any atom is -0.500 e. The summed E-state index contributed by atoms with van der Waals surface area (Å²) in [4.78, 5) is 25.9. The van der Waals surface area contributed by atoms with E-state index in [2.05, 4.69) is 45.0 Å². The molecule has 2 aromatic carbocycles. The van der Waals surface area contributed by atoms with Crippen LogP contribution in [0.25, 0.3) is 11.8 Å².